The smallest absolute Gasteiger partial charge is 0.192 e. The predicted molar refractivity (Wildman–Crippen MR) is 67.5 cm³/mol. The molecule has 0 aliphatic heterocycles. The van der Waals surface area contributed by atoms with Gasteiger partial charge >= 0.3 is 0 Å². The van der Waals surface area contributed by atoms with E-state index >= 15 is 0 Å². The van der Waals surface area contributed by atoms with Gasteiger partial charge in [0.05, 0.1) is 6.61 Å². The van der Waals surface area contributed by atoms with Crippen LogP contribution in [-0.2, 0) is 9.22 Å². The third-order valence-electron chi connectivity index (χ3n) is 2.78. The van der Waals surface area contributed by atoms with Crippen molar-refractivity contribution in [1.82, 2.24) is 0 Å². The summed E-state index contributed by atoms with van der Waals surface area (Å²) in [6.07, 6.45) is 7.70. The van der Waals surface area contributed by atoms with Gasteiger partial charge in [-0.15, -0.1) is 0 Å². The van der Waals surface area contributed by atoms with Gasteiger partial charge in [-0.05, 0) is 24.2 Å². The van der Waals surface area contributed by atoms with Gasteiger partial charge in [-0.1, -0.05) is 39.0 Å². The molecule has 0 rings (SSSR count). The maximum absolute atomic E-state index is 9.98. The Morgan fingerprint density at radius 3 is 2.20 bits per heavy atom. The van der Waals surface area contributed by atoms with E-state index in [1.165, 1.54) is 6.08 Å². The molecule has 0 heterocycles. The van der Waals surface area contributed by atoms with Gasteiger partial charge in [-0.2, -0.15) is 0 Å². The Morgan fingerprint density at radius 1 is 1.13 bits per heavy atom. The van der Waals surface area contributed by atoms with Gasteiger partial charge in [-0.25, -0.2) is 0 Å². The number of hydrogen-bond donors (Lipinski definition) is 0. The van der Waals surface area contributed by atoms with E-state index in [2.05, 4.69) is 33.9 Å². The molecule has 2 nitrogen and oxygen atoms in total. The molecule has 0 spiro atoms. The van der Waals surface area contributed by atoms with Crippen molar-refractivity contribution in [3.8, 4) is 0 Å². The molecule has 0 radical (unpaired) electrons. The second-order valence-electron chi connectivity index (χ2n) is 5.02. The number of carbonyl (C=O) groups excluding carboxylic acids is 1. The molecular weight excluding hydrogens is 204 g/mol. The standard InChI is InChI=1S/C12H22O2Si/c1-12(2,3)15(4,5)14-11-9-7-6-8-10-13/h6-10H,11H2,1-5H3/b8-6+,9-7+. The molecule has 0 aliphatic rings. The number of carbonyl (C=O) groups is 1. The van der Waals surface area contributed by atoms with Crippen LogP contribution in [0.2, 0.25) is 18.1 Å². The van der Waals surface area contributed by atoms with Crippen LogP contribution in [0.5, 0.6) is 0 Å². The fraction of sp³-hybridized carbons (Fsp3) is 0.583. The first-order chi connectivity index (χ1) is 6.81. The van der Waals surface area contributed by atoms with Crippen molar-refractivity contribution in [1.29, 1.82) is 0 Å². The van der Waals surface area contributed by atoms with Crippen molar-refractivity contribution in [2.24, 2.45) is 0 Å². The van der Waals surface area contributed by atoms with Crippen molar-refractivity contribution in [3.63, 3.8) is 0 Å². The second-order valence-corrected chi connectivity index (χ2v) is 9.83. The lowest BCUT2D eigenvalue weighted by molar-refractivity contribution is -0.104. The Morgan fingerprint density at radius 2 is 1.73 bits per heavy atom. The van der Waals surface area contributed by atoms with E-state index < -0.39 is 8.32 Å². The second kappa shape index (κ2) is 6.03. The quantitative estimate of drug-likeness (QED) is 0.311. The molecule has 0 aliphatic carbocycles. The molecule has 0 bridgehead atoms. The normalized spacial score (nSPS) is 13.9. The lowest BCUT2D eigenvalue weighted by atomic mass is 10.2. The highest BCUT2D eigenvalue weighted by Crippen LogP contribution is 2.36. The summed E-state index contributed by atoms with van der Waals surface area (Å²) in [5.74, 6) is 0. The topological polar surface area (TPSA) is 26.3 Å². The lowest BCUT2D eigenvalue weighted by Crippen LogP contribution is -2.40. The first-order valence-electron chi connectivity index (χ1n) is 5.22. The van der Waals surface area contributed by atoms with E-state index in [9.17, 15) is 4.79 Å². The Balaban J connectivity index is 4.01. The van der Waals surface area contributed by atoms with E-state index in [4.69, 9.17) is 4.43 Å². The first kappa shape index (κ1) is 14.3. The van der Waals surface area contributed by atoms with Crippen LogP contribution in [0.25, 0.3) is 0 Å². The molecule has 15 heavy (non-hydrogen) atoms. The first-order valence-corrected chi connectivity index (χ1v) is 8.13. The summed E-state index contributed by atoms with van der Waals surface area (Å²) in [4.78, 5) is 9.98. The fourth-order valence-corrected chi connectivity index (χ4v) is 1.66. The van der Waals surface area contributed by atoms with Crippen molar-refractivity contribution >= 4 is 14.6 Å². The predicted octanol–water partition coefficient (Wildman–Crippen LogP) is 3.32. The highest BCUT2D eigenvalue weighted by Gasteiger charge is 2.36. The molecule has 0 aromatic rings. The van der Waals surface area contributed by atoms with Crippen molar-refractivity contribution < 1.29 is 9.22 Å². The van der Waals surface area contributed by atoms with E-state index in [-0.39, 0.29) is 5.04 Å². The van der Waals surface area contributed by atoms with Crippen LogP contribution in [0.3, 0.4) is 0 Å². The van der Waals surface area contributed by atoms with E-state index in [1.807, 2.05) is 12.2 Å². The fourth-order valence-electron chi connectivity index (χ4n) is 0.717. The third kappa shape index (κ3) is 5.70. The van der Waals surface area contributed by atoms with Gasteiger partial charge in [0.1, 0.15) is 6.29 Å². The largest absolute Gasteiger partial charge is 0.413 e. The van der Waals surface area contributed by atoms with Crippen LogP contribution < -0.4 is 0 Å². The third-order valence-corrected chi connectivity index (χ3v) is 7.28. The Kier molecular flexibility index (Phi) is 5.76. The van der Waals surface area contributed by atoms with Crippen LogP contribution in [-0.4, -0.2) is 21.2 Å². The average Bonchev–Trinajstić information content (AvgIpc) is 2.09. The van der Waals surface area contributed by atoms with Crippen LogP contribution in [0, 0.1) is 0 Å². The molecular formula is C12H22O2Si. The molecule has 0 unspecified atom stereocenters. The van der Waals surface area contributed by atoms with Crippen molar-refractivity contribution in [2.75, 3.05) is 6.61 Å². The molecule has 0 amide bonds. The monoisotopic (exact) mass is 226 g/mol. The molecule has 0 fully saturated rings. The van der Waals surface area contributed by atoms with E-state index in [0.717, 1.165) is 6.29 Å². The van der Waals surface area contributed by atoms with Crippen LogP contribution in [0.4, 0.5) is 0 Å². The maximum atomic E-state index is 9.98. The molecule has 0 N–H and O–H groups in total. The minimum absolute atomic E-state index is 0.249. The summed E-state index contributed by atoms with van der Waals surface area (Å²) in [5, 5.41) is 0.249. The van der Waals surface area contributed by atoms with E-state index in [0.29, 0.717) is 6.61 Å². The van der Waals surface area contributed by atoms with E-state index in [1.54, 1.807) is 6.08 Å². The highest BCUT2D eigenvalue weighted by atomic mass is 28.4. The highest BCUT2D eigenvalue weighted by molar-refractivity contribution is 6.74. The van der Waals surface area contributed by atoms with Crippen molar-refractivity contribution in [2.45, 2.75) is 38.9 Å². The van der Waals surface area contributed by atoms with Crippen LogP contribution >= 0.6 is 0 Å². The molecule has 0 saturated carbocycles. The number of aldehydes is 1. The Hall–Kier alpha value is -0.673. The molecule has 3 heteroatoms. The maximum Gasteiger partial charge on any atom is 0.192 e. The Bertz CT molecular complexity index is 247. The molecule has 0 aromatic heterocycles. The van der Waals surface area contributed by atoms with Gasteiger partial charge in [-0.3, -0.25) is 4.79 Å². The minimum atomic E-state index is -1.62. The Labute approximate surface area is 94.2 Å². The van der Waals surface area contributed by atoms with Crippen LogP contribution in [0.1, 0.15) is 20.8 Å². The van der Waals surface area contributed by atoms with Crippen LogP contribution in [0.15, 0.2) is 24.3 Å². The summed E-state index contributed by atoms with van der Waals surface area (Å²) < 4.78 is 5.90. The number of hydrogen-bond acceptors (Lipinski definition) is 2. The zero-order valence-electron chi connectivity index (χ0n) is 10.4. The van der Waals surface area contributed by atoms with Crippen molar-refractivity contribution in [3.05, 3.63) is 24.3 Å². The van der Waals surface area contributed by atoms with Gasteiger partial charge < -0.3 is 4.43 Å². The summed E-state index contributed by atoms with van der Waals surface area (Å²) >= 11 is 0. The zero-order chi connectivity index (χ0) is 11.9. The number of allylic oxidation sites excluding steroid dienone is 3. The lowest BCUT2D eigenvalue weighted by Gasteiger charge is -2.35. The summed E-state index contributed by atoms with van der Waals surface area (Å²) in [5.41, 5.74) is 0. The minimum Gasteiger partial charge on any atom is -0.413 e. The van der Waals surface area contributed by atoms with Gasteiger partial charge in [0.2, 0.25) is 0 Å². The zero-order valence-corrected chi connectivity index (χ0v) is 11.4. The summed E-state index contributed by atoms with van der Waals surface area (Å²) in [6.45, 7) is 11.7. The SMILES string of the molecule is CC(C)(C)[Si](C)(C)OC/C=C/C=C/C=O. The molecule has 86 valence electrons. The average molecular weight is 226 g/mol. The molecule has 0 atom stereocenters. The van der Waals surface area contributed by atoms with Gasteiger partial charge in [0, 0.05) is 0 Å². The number of rotatable bonds is 5. The molecule has 0 saturated heterocycles. The summed E-state index contributed by atoms with van der Waals surface area (Å²) in [6, 6.07) is 0. The van der Waals surface area contributed by atoms with Gasteiger partial charge in [0.15, 0.2) is 8.32 Å². The molecule has 0 aromatic carbocycles. The summed E-state index contributed by atoms with van der Waals surface area (Å²) in [7, 11) is -1.62. The van der Waals surface area contributed by atoms with Gasteiger partial charge in [0.25, 0.3) is 0 Å².